The van der Waals surface area contributed by atoms with Crippen molar-refractivity contribution in [1.82, 2.24) is 10.6 Å². The number of nitrogens with one attached hydrogen (secondary N) is 3. The number of amides is 2. The molecule has 2 aromatic rings. The zero-order valence-electron chi connectivity index (χ0n) is 19.4. The van der Waals surface area contributed by atoms with Crippen LogP contribution in [0.2, 0.25) is 0 Å². The van der Waals surface area contributed by atoms with Gasteiger partial charge in [-0.2, -0.15) is 13.2 Å². The minimum Gasteiger partial charge on any atom is -0.491 e. The predicted molar refractivity (Wildman–Crippen MR) is 125 cm³/mol. The van der Waals surface area contributed by atoms with Gasteiger partial charge in [-0.3, -0.25) is 4.79 Å². The van der Waals surface area contributed by atoms with Crippen molar-refractivity contribution in [2.24, 2.45) is 0 Å². The van der Waals surface area contributed by atoms with E-state index in [-0.39, 0.29) is 25.8 Å². The first kappa shape index (κ1) is 31.2. The van der Waals surface area contributed by atoms with E-state index in [4.69, 9.17) is 19.7 Å². The van der Waals surface area contributed by atoms with E-state index in [2.05, 4.69) is 16.0 Å². The van der Waals surface area contributed by atoms with Crippen molar-refractivity contribution >= 4 is 23.7 Å². The number of carboxylic acid groups (broad SMARTS) is 2. The second kappa shape index (κ2) is 16.0. The third-order valence-electron chi connectivity index (χ3n) is 4.38. The first-order valence-electron chi connectivity index (χ1n) is 10.8. The number of anilines is 1. The third-order valence-corrected chi connectivity index (χ3v) is 4.38. The Morgan fingerprint density at radius 1 is 0.973 bits per heavy atom. The number of alkyl halides is 3. The summed E-state index contributed by atoms with van der Waals surface area (Å²) in [5, 5.41) is 43.2. The van der Waals surface area contributed by atoms with Gasteiger partial charge in [0.25, 0.3) is 0 Å². The molecule has 0 heterocycles. The zero-order valence-corrected chi connectivity index (χ0v) is 19.4. The highest BCUT2D eigenvalue weighted by Crippen LogP contribution is 2.13. The van der Waals surface area contributed by atoms with Crippen LogP contribution >= 0.6 is 0 Å². The monoisotopic (exact) mass is 531 g/mol. The largest absolute Gasteiger partial charge is 0.491 e. The number of halogens is 3. The van der Waals surface area contributed by atoms with Crippen LogP contribution < -0.4 is 20.7 Å². The van der Waals surface area contributed by atoms with Crippen molar-refractivity contribution in [2.45, 2.75) is 24.7 Å². The smallest absolute Gasteiger partial charge is 0.490 e. The molecule has 37 heavy (non-hydrogen) atoms. The molecule has 0 aliphatic carbocycles. The lowest BCUT2D eigenvalue weighted by Crippen LogP contribution is -2.41. The molecular formula is C23H28F3N3O8. The summed E-state index contributed by atoms with van der Waals surface area (Å²) in [6.45, 7) is -0.166. The summed E-state index contributed by atoms with van der Waals surface area (Å²) >= 11 is 0. The Morgan fingerprint density at radius 2 is 1.57 bits per heavy atom. The maximum absolute atomic E-state index is 11.6. The van der Waals surface area contributed by atoms with Gasteiger partial charge in [0, 0.05) is 18.3 Å². The lowest BCUT2D eigenvalue weighted by Gasteiger charge is -2.19. The molecular weight excluding hydrogens is 503 g/mol. The molecule has 0 radical (unpaired) electrons. The second-order valence-corrected chi connectivity index (χ2v) is 7.47. The Hall–Kier alpha value is -3.88. The van der Waals surface area contributed by atoms with Gasteiger partial charge in [-0.05, 0) is 36.2 Å². The van der Waals surface area contributed by atoms with E-state index in [1.54, 1.807) is 24.3 Å². The van der Waals surface area contributed by atoms with E-state index in [0.717, 1.165) is 5.56 Å². The Labute approximate surface area is 209 Å². The molecule has 0 aliphatic heterocycles. The maximum atomic E-state index is 11.6. The van der Waals surface area contributed by atoms with Crippen LogP contribution in [-0.4, -0.2) is 83.0 Å². The zero-order chi connectivity index (χ0) is 27.8. The topological polar surface area (TPSA) is 177 Å². The fourth-order valence-electron chi connectivity index (χ4n) is 2.61. The van der Waals surface area contributed by atoms with Gasteiger partial charge >= 0.3 is 24.1 Å². The summed E-state index contributed by atoms with van der Waals surface area (Å²) in [5.41, 5.74) is 1.44. The minimum absolute atomic E-state index is 0.107. The molecule has 2 atom stereocenters. The number of urea groups is 1. The summed E-state index contributed by atoms with van der Waals surface area (Å²) in [6.07, 6.45) is -5.29. The van der Waals surface area contributed by atoms with E-state index < -0.39 is 36.8 Å². The van der Waals surface area contributed by atoms with Crippen molar-refractivity contribution in [3.63, 3.8) is 0 Å². The van der Waals surface area contributed by atoms with Crippen LogP contribution in [0.4, 0.5) is 23.7 Å². The lowest BCUT2D eigenvalue weighted by molar-refractivity contribution is -0.192. The SMILES string of the molecule is O=C(O)C(F)(F)F.O=C(O)CNC(=O)Nc1ccc(C[C@@H](CO)NC[C@H](O)COc2ccccc2)cc1. The highest BCUT2D eigenvalue weighted by Gasteiger charge is 2.38. The Kier molecular flexibility index (Phi) is 13.5. The number of hydrogen-bond acceptors (Lipinski definition) is 7. The number of rotatable bonds is 12. The molecule has 14 heteroatoms. The number of benzene rings is 2. The normalized spacial score (nSPS) is 12.4. The number of ether oxygens (including phenoxy) is 1. The van der Waals surface area contributed by atoms with Crippen molar-refractivity contribution in [2.75, 3.05) is 31.6 Å². The fraction of sp³-hybridized carbons (Fsp3) is 0.348. The molecule has 2 rings (SSSR count). The first-order valence-corrected chi connectivity index (χ1v) is 10.8. The van der Waals surface area contributed by atoms with Gasteiger partial charge in [0.15, 0.2) is 0 Å². The molecule has 7 N–H and O–H groups in total. The number of aliphatic hydroxyl groups excluding tert-OH is 2. The van der Waals surface area contributed by atoms with Crippen LogP contribution in [0.15, 0.2) is 54.6 Å². The van der Waals surface area contributed by atoms with Crippen LogP contribution in [0.3, 0.4) is 0 Å². The molecule has 2 amide bonds. The minimum atomic E-state index is -5.08. The molecule has 204 valence electrons. The van der Waals surface area contributed by atoms with E-state index in [0.29, 0.717) is 17.9 Å². The highest BCUT2D eigenvalue weighted by molar-refractivity contribution is 5.91. The number of carboxylic acids is 2. The predicted octanol–water partition coefficient (Wildman–Crippen LogP) is 1.46. The Balaban J connectivity index is 0.000000856. The summed E-state index contributed by atoms with van der Waals surface area (Å²) in [7, 11) is 0. The molecule has 2 aromatic carbocycles. The Morgan fingerprint density at radius 3 is 2.08 bits per heavy atom. The maximum Gasteiger partial charge on any atom is 0.490 e. The lowest BCUT2D eigenvalue weighted by atomic mass is 10.1. The van der Waals surface area contributed by atoms with Gasteiger partial charge in [-0.1, -0.05) is 30.3 Å². The van der Waals surface area contributed by atoms with Gasteiger partial charge in [0.1, 0.15) is 25.0 Å². The van der Waals surface area contributed by atoms with Crippen LogP contribution in [0, 0.1) is 0 Å². The van der Waals surface area contributed by atoms with Crippen molar-refractivity contribution < 1.29 is 52.7 Å². The number of aliphatic hydroxyl groups is 2. The average Bonchev–Trinajstić information content (AvgIpc) is 2.85. The molecule has 0 spiro atoms. The van der Waals surface area contributed by atoms with E-state index >= 15 is 0 Å². The van der Waals surface area contributed by atoms with Gasteiger partial charge in [-0.15, -0.1) is 0 Å². The molecule has 0 fully saturated rings. The molecule has 11 nitrogen and oxygen atoms in total. The summed E-state index contributed by atoms with van der Waals surface area (Å²) in [6, 6.07) is 15.3. The number of carbonyl (C=O) groups is 3. The number of hydrogen-bond donors (Lipinski definition) is 7. The van der Waals surface area contributed by atoms with Gasteiger partial charge in [-0.25, -0.2) is 9.59 Å². The summed E-state index contributed by atoms with van der Waals surface area (Å²) in [4.78, 5) is 30.9. The molecule has 0 bridgehead atoms. The van der Waals surface area contributed by atoms with E-state index in [1.807, 2.05) is 30.3 Å². The standard InChI is InChI=1S/C21H27N3O6.C2HF3O2/c25-13-17(22-11-18(26)14-30-19-4-2-1-3-5-19)10-15-6-8-16(9-7-15)24-21(29)23-12-20(27)28;3-2(4,5)1(6)7/h1-9,17-18,22,25-26H,10-14H2,(H,27,28)(H2,23,24,29);(H,6,7)/t17-,18-;/m0./s1. The van der Waals surface area contributed by atoms with E-state index in [1.165, 1.54) is 0 Å². The summed E-state index contributed by atoms with van der Waals surface area (Å²) < 4.78 is 37.2. The average molecular weight is 531 g/mol. The quantitative estimate of drug-likeness (QED) is 0.214. The molecule has 0 aliphatic rings. The van der Waals surface area contributed by atoms with Gasteiger partial charge in [0.05, 0.1) is 6.61 Å². The first-order chi connectivity index (χ1) is 17.4. The second-order valence-electron chi connectivity index (χ2n) is 7.47. The molecule has 0 aromatic heterocycles. The number of carbonyl (C=O) groups excluding carboxylic acids is 1. The Bertz CT molecular complexity index is 975. The van der Waals surface area contributed by atoms with E-state index in [9.17, 15) is 33.0 Å². The highest BCUT2D eigenvalue weighted by atomic mass is 19.4. The van der Waals surface area contributed by atoms with Crippen molar-refractivity contribution in [3.05, 3.63) is 60.2 Å². The van der Waals surface area contributed by atoms with Crippen molar-refractivity contribution in [3.8, 4) is 5.75 Å². The fourth-order valence-corrected chi connectivity index (χ4v) is 2.61. The third kappa shape index (κ3) is 14.3. The van der Waals surface area contributed by atoms with Gasteiger partial charge < -0.3 is 41.1 Å². The van der Waals surface area contributed by atoms with Crippen LogP contribution in [0.5, 0.6) is 5.75 Å². The van der Waals surface area contributed by atoms with Crippen molar-refractivity contribution in [1.29, 1.82) is 0 Å². The summed E-state index contributed by atoms with van der Waals surface area (Å²) in [5.74, 6) is -3.20. The van der Waals surface area contributed by atoms with Crippen LogP contribution in [0.25, 0.3) is 0 Å². The number of para-hydroxylation sites is 1. The molecule has 0 unspecified atom stereocenters. The van der Waals surface area contributed by atoms with Crippen LogP contribution in [0.1, 0.15) is 5.56 Å². The van der Waals surface area contributed by atoms with Gasteiger partial charge in [0.2, 0.25) is 0 Å². The molecule has 0 saturated carbocycles. The van der Waals surface area contributed by atoms with Crippen LogP contribution in [-0.2, 0) is 16.0 Å². The molecule has 0 saturated heterocycles. The number of aliphatic carboxylic acids is 2.